The first-order valence-electron chi connectivity index (χ1n) is 4.98. The van der Waals surface area contributed by atoms with E-state index in [1.54, 1.807) is 6.92 Å². The fraction of sp³-hybridized carbons (Fsp3) is 0.727. The van der Waals surface area contributed by atoms with Gasteiger partial charge in [-0.2, -0.15) is 0 Å². The van der Waals surface area contributed by atoms with Crippen LogP contribution < -0.4 is 5.32 Å². The SMILES string of the molecule is CC#CCNC(=O)C1CC2CC2C1. The van der Waals surface area contributed by atoms with Crippen LogP contribution in [0.1, 0.15) is 26.2 Å². The number of nitrogens with one attached hydrogen (secondary N) is 1. The summed E-state index contributed by atoms with van der Waals surface area (Å²) in [6.07, 6.45) is 3.62. The maximum absolute atomic E-state index is 11.5. The first-order valence-corrected chi connectivity index (χ1v) is 4.98. The third kappa shape index (κ3) is 1.85. The second kappa shape index (κ2) is 3.41. The van der Waals surface area contributed by atoms with Gasteiger partial charge in [-0.3, -0.25) is 4.79 Å². The second-order valence-corrected chi connectivity index (χ2v) is 4.07. The molecular weight excluding hydrogens is 162 g/mol. The largest absolute Gasteiger partial charge is 0.345 e. The van der Waals surface area contributed by atoms with Gasteiger partial charge in [-0.05, 0) is 38.0 Å². The third-order valence-electron chi connectivity index (χ3n) is 3.14. The molecule has 1 amide bonds. The molecule has 2 nitrogen and oxygen atoms in total. The summed E-state index contributed by atoms with van der Waals surface area (Å²) in [5.41, 5.74) is 0. The molecular formula is C11H15NO. The standard InChI is InChI=1S/C11H15NO/c1-2-3-4-12-11(13)10-6-8-5-9(8)7-10/h8-10H,4-7H2,1H3,(H,12,13). The highest BCUT2D eigenvalue weighted by Gasteiger charge is 2.47. The fourth-order valence-electron chi connectivity index (χ4n) is 2.29. The van der Waals surface area contributed by atoms with E-state index in [0.717, 1.165) is 24.7 Å². The van der Waals surface area contributed by atoms with Crippen molar-refractivity contribution in [3.63, 3.8) is 0 Å². The van der Waals surface area contributed by atoms with Crippen molar-refractivity contribution in [1.82, 2.24) is 5.32 Å². The summed E-state index contributed by atoms with van der Waals surface area (Å²) < 4.78 is 0. The van der Waals surface area contributed by atoms with Gasteiger partial charge in [0.25, 0.3) is 0 Å². The van der Waals surface area contributed by atoms with Crippen LogP contribution in [0, 0.1) is 29.6 Å². The quantitative estimate of drug-likeness (QED) is 0.630. The molecule has 0 saturated heterocycles. The van der Waals surface area contributed by atoms with Gasteiger partial charge in [-0.1, -0.05) is 5.92 Å². The molecule has 2 unspecified atom stereocenters. The number of rotatable bonds is 2. The Morgan fingerprint density at radius 1 is 1.38 bits per heavy atom. The lowest BCUT2D eigenvalue weighted by Gasteiger charge is -2.09. The van der Waals surface area contributed by atoms with Gasteiger partial charge >= 0.3 is 0 Å². The number of amides is 1. The summed E-state index contributed by atoms with van der Waals surface area (Å²) in [4.78, 5) is 11.5. The summed E-state index contributed by atoms with van der Waals surface area (Å²) in [5, 5.41) is 2.85. The molecule has 0 radical (unpaired) electrons. The summed E-state index contributed by atoms with van der Waals surface area (Å²) in [6, 6.07) is 0. The van der Waals surface area contributed by atoms with E-state index in [-0.39, 0.29) is 5.91 Å². The topological polar surface area (TPSA) is 29.1 Å². The molecule has 2 atom stereocenters. The van der Waals surface area contributed by atoms with Crippen molar-refractivity contribution in [2.45, 2.75) is 26.2 Å². The fourth-order valence-corrected chi connectivity index (χ4v) is 2.29. The molecule has 2 heteroatoms. The van der Waals surface area contributed by atoms with E-state index in [9.17, 15) is 4.79 Å². The Morgan fingerprint density at radius 3 is 2.69 bits per heavy atom. The van der Waals surface area contributed by atoms with Crippen molar-refractivity contribution in [3.05, 3.63) is 0 Å². The summed E-state index contributed by atoms with van der Waals surface area (Å²) in [6.45, 7) is 2.30. The van der Waals surface area contributed by atoms with Crippen molar-refractivity contribution in [2.24, 2.45) is 17.8 Å². The van der Waals surface area contributed by atoms with Gasteiger partial charge in [-0.15, -0.1) is 5.92 Å². The van der Waals surface area contributed by atoms with Crippen LogP contribution >= 0.6 is 0 Å². The molecule has 13 heavy (non-hydrogen) atoms. The minimum absolute atomic E-state index is 0.218. The molecule has 2 aliphatic carbocycles. The van der Waals surface area contributed by atoms with Gasteiger partial charge < -0.3 is 5.32 Å². The van der Waals surface area contributed by atoms with Crippen molar-refractivity contribution in [3.8, 4) is 11.8 Å². The lowest BCUT2D eigenvalue weighted by Crippen LogP contribution is -2.30. The Balaban J connectivity index is 1.73. The predicted molar refractivity (Wildman–Crippen MR) is 50.8 cm³/mol. The molecule has 0 aromatic carbocycles. The van der Waals surface area contributed by atoms with Crippen molar-refractivity contribution < 1.29 is 4.79 Å². The maximum atomic E-state index is 11.5. The van der Waals surface area contributed by atoms with Gasteiger partial charge in [0.15, 0.2) is 0 Å². The monoisotopic (exact) mass is 177 g/mol. The summed E-state index contributed by atoms with van der Waals surface area (Å²) >= 11 is 0. The van der Waals surface area contributed by atoms with Gasteiger partial charge in [0, 0.05) is 5.92 Å². The molecule has 2 fully saturated rings. The number of hydrogen-bond donors (Lipinski definition) is 1. The Hall–Kier alpha value is -0.970. The zero-order valence-corrected chi connectivity index (χ0v) is 7.97. The summed E-state index contributed by atoms with van der Waals surface area (Å²) in [5.74, 6) is 7.89. The average Bonchev–Trinajstić information content (AvgIpc) is 2.74. The van der Waals surface area contributed by atoms with E-state index < -0.39 is 0 Å². The van der Waals surface area contributed by atoms with Crippen LogP contribution in [0.3, 0.4) is 0 Å². The third-order valence-corrected chi connectivity index (χ3v) is 3.14. The number of carbonyl (C=O) groups excluding carboxylic acids is 1. The van der Waals surface area contributed by atoms with E-state index in [1.807, 2.05) is 0 Å². The van der Waals surface area contributed by atoms with Crippen LogP contribution in [0.2, 0.25) is 0 Å². The Labute approximate surface area is 79.1 Å². The van der Waals surface area contributed by atoms with Crippen molar-refractivity contribution >= 4 is 5.91 Å². The van der Waals surface area contributed by atoms with Crippen molar-refractivity contribution in [1.29, 1.82) is 0 Å². The Kier molecular flexibility index (Phi) is 2.26. The van der Waals surface area contributed by atoms with Crippen LogP contribution in [-0.4, -0.2) is 12.5 Å². The van der Waals surface area contributed by atoms with Crippen LogP contribution in [-0.2, 0) is 4.79 Å². The Morgan fingerprint density at radius 2 is 2.08 bits per heavy atom. The first kappa shape index (κ1) is 8.62. The minimum Gasteiger partial charge on any atom is -0.345 e. The highest BCUT2D eigenvalue weighted by Crippen LogP contribution is 2.54. The minimum atomic E-state index is 0.218. The highest BCUT2D eigenvalue weighted by molar-refractivity contribution is 5.79. The van der Waals surface area contributed by atoms with Crippen LogP contribution in [0.4, 0.5) is 0 Å². The smallest absolute Gasteiger partial charge is 0.223 e. The van der Waals surface area contributed by atoms with Crippen LogP contribution in [0.15, 0.2) is 0 Å². The molecule has 0 spiro atoms. The van der Waals surface area contributed by atoms with Gasteiger partial charge in [-0.25, -0.2) is 0 Å². The van der Waals surface area contributed by atoms with Gasteiger partial charge in [0.05, 0.1) is 6.54 Å². The van der Waals surface area contributed by atoms with Gasteiger partial charge in [0.2, 0.25) is 5.91 Å². The highest BCUT2D eigenvalue weighted by atomic mass is 16.1. The molecule has 2 rings (SSSR count). The van der Waals surface area contributed by atoms with E-state index in [1.165, 1.54) is 6.42 Å². The number of carbonyl (C=O) groups is 1. The predicted octanol–water partition coefficient (Wildman–Crippen LogP) is 1.17. The second-order valence-electron chi connectivity index (χ2n) is 4.07. The maximum Gasteiger partial charge on any atom is 0.223 e. The van der Waals surface area contributed by atoms with E-state index in [4.69, 9.17) is 0 Å². The molecule has 0 heterocycles. The zero-order chi connectivity index (χ0) is 9.26. The lowest BCUT2D eigenvalue weighted by molar-refractivity contribution is -0.124. The summed E-state index contributed by atoms with van der Waals surface area (Å²) in [7, 11) is 0. The molecule has 0 aromatic rings. The zero-order valence-electron chi connectivity index (χ0n) is 7.97. The van der Waals surface area contributed by atoms with Crippen molar-refractivity contribution in [2.75, 3.05) is 6.54 Å². The van der Waals surface area contributed by atoms with Gasteiger partial charge in [0.1, 0.15) is 0 Å². The molecule has 2 aliphatic rings. The number of fused-ring (bicyclic) bond motifs is 1. The molecule has 1 N–H and O–H groups in total. The molecule has 70 valence electrons. The van der Waals surface area contributed by atoms with E-state index in [2.05, 4.69) is 17.2 Å². The molecule has 2 saturated carbocycles. The molecule has 0 aliphatic heterocycles. The average molecular weight is 177 g/mol. The number of hydrogen-bond acceptors (Lipinski definition) is 1. The normalized spacial score (nSPS) is 34.4. The Bertz CT molecular complexity index is 264. The molecule has 0 aromatic heterocycles. The lowest BCUT2D eigenvalue weighted by atomic mass is 10.0. The van der Waals surface area contributed by atoms with Crippen LogP contribution in [0.5, 0.6) is 0 Å². The van der Waals surface area contributed by atoms with Crippen LogP contribution in [0.25, 0.3) is 0 Å². The van der Waals surface area contributed by atoms with E-state index in [0.29, 0.717) is 12.5 Å². The van der Waals surface area contributed by atoms with E-state index >= 15 is 0 Å². The molecule has 0 bridgehead atoms. The first-order chi connectivity index (χ1) is 6.31.